The smallest absolute Gasteiger partial charge is 0.461 e. The van der Waals surface area contributed by atoms with Gasteiger partial charge in [0.25, 0.3) is 0 Å². The lowest BCUT2D eigenvalue weighted by Gasteiger charge is -2.60. The largest absolute Gasteiger partial charge is 0.508 e. The van der Waals surface area contributed by atoms with E-state index in [1.54, 1.807) is 0 Å². The van der Waals surface area contributed by atoms with Crippen molar-refractivity contribution in [2.24, 2.45) is 22.7 Å². The molecule has 0 N–H and O–H groups in total. The van der Waals surface area contributed by atoms with Crippen molar-refractivity contribution < 1.29 is 37.3 Å². The van der Waals surface area contributed by atoms with Crippen molar-refractivity contribution in [2.75, 3.05) is 26.4 Å². The number of hydrogen-bond donors (Lipinski definition) is 0. The van der Waals surface area contributed by atoms with Crippen LogP contribution in [0, 0.1) is 22.7 Å². The van der Waals surface area contributed by atoms with E-state index in [9.17, 15) is 18.4 Å². The van der Waals surface area contributed by atoms with Crippen molar-refractivity contribution in [1.82, 2.24) is 0 Å². The van der Waals surface area contributed by atoms with Gasteiger partial charge in [-0.2, -0.15) is 8.78 Å². The minimum atomic E-state index is -3.50. The monoisotopic (exact) mass is 416 g/mol. The average Bonchev–Trinajstić information content (AvgIpc) is 2.56. The second-order valence-electron chi connectivity index (χ2n) is 10.1. The van der Waals surface area contributed by atoms with Crippen LogP contribution in [0.5, 0.6) is 0 Å². The Morgan fingerprint density at radius 3 is 2.24 bits per heavy atom. The Kier molecular flexibility index (Phi) is 5.07. The van der Waals surface area contributed by atoms with Crippen molar-refractivity contribution in [2.45, 2.75) is 70.3 Å². The molecule has 4 aliphatic carbocycles. The molecule has 164 valence electrons. The Bertz CT molecular complexity index is 649. The van der Waals surface area contributed by atoms with Gasteiger partial charge in [0.2, 0.25) is 0 Å². The van der Waals surface area contributed by atoms with Crippen molar-refractivity contribution in [1.29, 1.82) is 0 Å². The van der Waals surface area contributed by atoms with Crippen LogP contribution in [0.4, 0.5) is 13.6 Å². The molecule has 0 amide bonds. The standard InChI is InChI=1S/C21H30F2O6/c1-3-19(10-26-11-19)12-28-17(25)29-21-7-14-4-15(8-21)6-20(5-14,9-21)13-27-16(24)18(2,22)23/h14-15H,3-13H2,1-2H3. The van der Waals surface area contributed by atoms with Gasteiger partial charge >= 0.3 is 18.0 Å². The lowest BCUT2D eigenvalue weighted by atomic mass is 9.48. The van der Waals surface area contributed by atoms with E-state index < -0.39 is 29.1 Å². The summed E-state index contributed by atoms with van der Waals surface area (Å²) in [6, 6.07) is 0. The molecule has 1 aliphatic heterocycles. The van der Waals surface area contributed by atoms with E-state index >= 15 is 0 Å². The molecule has 0 aromatic heterocycles. The summed E-state index contributed by atoms with van der Waals surface area (Å²) in [6.45, 7) is 4.00. The second-order valence-corrected chi connectivity index (χ2v) is 10.1. The fraction of sp³-hybridized carbons (Fsp3) is 0.905. The molecule has 5 aliphatic rings. The molecule has 0 spiro atoms. The highest BCUT2D eigenvalue weighted by Crippen LogP contribution is 2.63. The van der Waals surface area contributed by atoms with Crippen LogP contribution in [0.25, 0.3) is 0 Å². The lowest BCUT2D eigenvalue weighted by molar-refractivity contribution is -0.204. The quantitative estimate of drug-likeness (QED) is 0.582. The van der Waals surface area contributed by atoms with E-state index in [4.69, 9.17) is 18.9 Å². The Morgan fingerprint density at radius 1 is 1.07 bits per heavy atom. The van der Waals surface area contributed by atoms with Crippen LogP contribution in [0.3, 0.4) is 0 Å². The summed E-state index contributed by atoms with van der Waals surface area (Å²) in [5.41, 5.74) is -1.14. The molecule has 0 aromatic rings. The molecule has 1 heterocycles. The number of esters is 1. The van der Waals surface area contributed by atoms with Crippen LogP contribution in [0.2, 0.25) is 0 Å². The zero-order valence-electron chi connectivity index (χ0n) is 17.1. The molecule has 2 unspecified atom stereocenters. The first-order valence-corrected chi connectivity index (χ1v) is 10.6. The SMILES string of the molecule is CCC1(COC(=O)OC23CC4CC(CC(COC(=O)C(C)(F)F)(C4)C2)C3)COC1. The van der Waals surface area contributed by atoms with Crippen LogP contribution in [-0.4, -0.2) is 50.1 Å². The third kappa shape index (κ3) is 4.09. The van der Waals surface area contributed by atoms with Crippen LogP contribution in [-0.2, 0) is 23.7 Å². The summed E-state index contributed by atoms with van der Waals surface area (Å²) in [5.74, 6) is -4.28. The van der Waals surface area contributed by atoms with Gasteiger partial charge in [-0.25, -0.2) is 9.59 Å². The number of carbonyl (C=O) groups is 2. The van der Waals surface area contributed by atoms with Gasteiger partial charge in [0, 0.05) is 12.3 Å². The topological polar surface area (TPSA) is 71.1 Å². The highest BCUT2D eigenvalue weighted by atomic mass is 19.3. The Morgan fingerprint density at radius 2 is 1.72 bits per heavy atom. The van der Waals surface area contributed by atoms with Crippen LogP contribution in [0.15, 0.2) is 0 Å². The van der Waals surface area contributed by atoms with Crippen molar-refractivity contribution in [3.8, 4) is 0 Å². The number of alkyl halides is 2. The highest BCUT2D eigenvalue weighted by molar-refractivity contribution is 5.76. The van der Waals surface area contributed by atoms with Gasteiger partial charge in [-0.1, -0.05) is 6.92 Å². The number of halogens is 2. The van der Waals surface area contributed by atoms with Gasteiger partial charge in [-0.15, -0.1) is 0 Å². The van der Waals surface area contributed by atoms with Crippen LogP contribution >= 0.6 is 0 Å². The first kappa shape index (κ1) is 20.8. The molecule has 8 heteroatoms. The summed E-state index contributed by atoms with van der Waals surface area (Å²) in [6.07, 6.45) is 4.96. The molecule has 5 fully saturated rings. The van der Waals surface area contributed by atoms with Crippen LogP contribution in [0.1, 0.15) is 58.8 Å². The van der Waals surface area contributed by atoms with Crippen molar-refractivity contribution in [3.63, 3.8) is 0 Å². The van der Waals surface area contributed by atoms with Crippen molar-refractivity contribution in [3.05, 3.63) is 0 Å². The minimum Gasteiger partial charge on any atom is -0.461 e. The molecule has 4 bridgehead atoms. The van der Waals surface area contributed by atoms with Gasteiger partial charge < -0.3 is 18.9 Å². The van der Waals surface area contributed by atoms with E-state index in [1.807, 2.05) is 6.92 Å². The van der Waals surface area contributed by atoms with Crippen molar-refractivity contribution >= 4 is 12.1 Å². The van der Waals surface area contributed by atoms with Gasteiger partial charge in [0.05, 0.1) is 25.2 Å². The molecule has 0 aromatic carbocycles. The predicted octanol–water partition coefficient (Wildman–Crippen LogP) is 4.10. The Balaban J connectivity index is 1.38. The molecule has 5 rings (SSSR count). The van der Waals surface area contributed by atoms with E-state index in [0.717, 1.165) is 38.5 Å². The third-order valence-electron chi connectivity index (χ3n) is 7.36. The number of carbonyl (C=O) groups excluding carboxylic acids is 2. The molecule has 4 saturated carbocycles. The molecule has 0 radical (unpaired) electrons. The van der Waals surface area contributed by atoms with Gasteiger partial charge in [-0.3, -0.25) is 0 Å². The summed E-state index contributed by atoms with van der Waals surface area (Å²) < 4.78 is 47.9. The summed E-state index contributed by atoms with van der Waals surface area (Å²) in [7, 11) is 0. The summed E-state index contributed by atoms with van der Waals surface area (Å²) >= 11 is 0. The van der Waals surface area contributed by atoms with E-state index in [2.05, 4.69) is 0 Å². The van der Waals surface area contributed by atoms with E-state index in [-0.39, 0.29) is 18.6 Å². The second kappa shape index (κ2) is 7.06. The third-order valence-corrected chi connectivity index (χ3v) is 7.36. The number of hydrogen-bond acceptors (Lipinski definition) is 6. The normalized spacial score (nSPS) is 37.0. The Labute approximate surface area is 169 Å². The van der Waals surface area contributed by atoms with Crippen LogP contribution < -0.4 is 0 Å². The molecule has 1 saturated heterocycles. The first-order valence-electron chi connectivity index (χ1n) is 10.6. The fourth-order valence-corrected chi connectivity index (χ4v) is 6.20. The minimum absolute atomic E-state index is 0.0430. The molecular weight excluding hydrogens is 386 g/mol. The highest BCUT2D eigenvalue weighted by Gasteiger charge is 2.60. The predicted molar refractivity (Wildman–Crippen MR) is 97.4 cm³/mol. The first-order chi connectivity index (χ1) is 13.6. The molecule has 6 nitrogen and oxygen atoms in total. The molecular formula is C21H30F2O6. The Hall–Kier alpha value is -1.44. The summed E-state index contributed by atoms with van der Waals surface area (Å²) in [5, 5.41) is 0. The van der Waals surface area contributed by atoms with Gasteiger partial charge in [-0.05, 0) is 56.8 Å². The zero-order valence-corrected chi connectivity index (χ0v) is 17.1. The maximum atomic E-state index is 13.2. The average molecular weight is 416 g/mol. The van der Waals surface area contributed by atoms with E-state index in [1.165, 1.54) is 0 Å². The summed E-state index contributed by atoms with van der Waals surface area (Å²) in [4.78, 5) is 24.0. The lowest BCUT2D eigenvalue weighted by Crippen LogP contribution is -2.59. The maximum Gasteiger partial charge on any atom is 0.508 e. The maximum absolute atomic E-state index is 13.2. The van der Waals surface area contributed by atoms with E-state index in [0.29, 0.717) is 38.4 Å². The fourth-order valence-electron chi connectivity index (χ4n) is 6.20. The molecule has 29 heavy (non-hydrogen) atoms. The zero-order chi connectivity index (χ0) is 20.9. The van der Waals surface area contributed by atoms with Gasteiger partial charge in [0.1, 0.15) is 12.2 Å². The number of ether oxygens (including phenoxy) is 4. The number of rotatable bonds is 7. The molecule has 2 atom stereocenters. The van der Waals surface area contributed by atoms with Gasteiger partial charge in [0.15, 0.2) is 0 Å².